The second-order valence-corrected chi connectivity index (χ2v) is 6.19. The molecule has 0 aliphatic carbocycles. The van der Waals surface area contributed by atoms with E-state index in [0.717, 1.165) is 18.7 Å². The minimum atomic E-state index is 0.439. The molecule has 2 nitrogen and oxygen atoms in total. The Morgan fingerprint density at radius 1 is 1.14 bits per heavy atom. The summed E-state index contributed by atoms with van der Waals surface area (Å²) in [6.45, 7) is 4.30. The van der Waals surface area contributed by atoms with Gasteiger partial charge in [-0.05, 0) is 42.6 Å². The fourth-order valence-electron chi connectivity index (χ4n) is 3.62. The highest BCUT2D eigenvalue weighted by Gasteiger charge is 2.23. The first-order valence-electron chi connectivity index (χ1n) is 8.23. The van der Waals surface area contributed by atoms with Gasteiger partial charge in [-0.3, -0.25) is 4.90 Å². The third kappa shape index (κ3) is 3.06. The maximum Gasteiger partial charge on any atom is 0.120 e. The van der Waals surface area contributed by atoms with Crippen LogP contribution in [0.5, 0.6) is 5.75 Å². The molecule has 112 valence electrons. The van der Waals surface area contributed by atoms with Gasteiger partial charge in [-0.15, -0.1) is 0 Å². The Morgan fingerprint density at radius 2 is 2.00 bits per heavy atom. The van der Waals surface area contributed by atoms with Crippen molar-refractivity contribution in [2.45, 2.75) is 51.6 Å². The van der Waals surface area contributed by atoms with Gasteiger partial charge in [0.15, 0.2) is 0 Å². The molecule has 0 spiro atoms. The fraction of sp³-hybridized carbons (Fsp3) is 0.474. The Hall–Kier alpha value is -1.54. The summed E-state index contributed by atoms with van der Waals surface area (Å²) in [5.41, 5.74) is 1.09. The van der Waals surface area contributed by atoms with Gasteiger partial charge in [0.05, 0.1) is 0 Å². The summed E-state index contributed by atoms with van der Waals surface area (Å²) in [6, 6.07) is 12.9. The average molecular weight is 283 g/mol. The van der Waals surface area contributed by atoms with E-state index in [4.69, 9.17) is 0 Å². The summed E-state index contributed by atoms with van der Waals surface area (Å²) in [5, 5.41) is 12.7. The van der Waals surface area contributed by atoms with Crippen molar-refractivity contribution in [3.05, 3.63) is 42.0 Å². The van der Waals surface area contributed by atoms with Gasteiger partial charge in [0, 0.05) is 18.2 Å². The number of hydrogen-bond acceptors (Lipinski definition) is 2. The van der Waals surface area contributed by atoms with Crippen LogP contribution in [0.1, 0.15) is 44.6 Å². The van der Waals surface area contributed by atoms with Crippen LogP contribution in [-0.2, 0) is 6.54 Å². The lowest BCUT2D eigenvalue weighted by molar-refractivity contribution is 0.131. The van der Waals surface area contributed by atoms with Gasteiger partial charge >= 0.3 is 0 Å². The number of phenolic OH excluding ortho intramolecular Hbond substituents is 1. The number of phenols is 1. The van der Waals surface area contributed by atoms with Crippen molar-refractivity contribution in [3.63, 3.8) is 0 Å². The van der Waals surface area contributed by atoms with E-state index in [1.54, 1.807) is 0 Å². The molecule has 1 atom stereocenters. The smallest absolute Gasteiger partial charge is 0.120 e. The van der Waals surface area contributed by atoms with Crippen LogP contribution >= 0.6 is 0 Å². The molecule has 21 heavy (non-hydrogen) atoms. The van der Waals surface area contributed by atoms with Crippen molar-refractivity contribution in [1.82, 2.24) is 4.90 Å². The molecule has 0 amide bonds. The number of aromatic hydroxyl groups is 1. The lowest BCUT2D eigenvalue weighted by atomic mass is 9.96. The van der Waals surface area contributed by atoms with Crippen LogP contribution in [0.15, 0.2) is 36.4 Å². The van der Waals surface area contributed by atoms with Crippen molar-refractivity contribution in [2.24, 2.45) is 0 Å². The summed E-state index contributed by atoms with van der Waals surface area (Å²) in [6.07, 6.45) is 6.45. The summed E-state index contributed by atoms with van der Waals surface area (Å²) < 4.78 is 0. The first kappa shape index (κ1) is 14.4. The molecule has 2 aromatic carbocycles. The Labute approximate surface area is 127 Å². The Morgan fingerprint density at radius 3 is 2.86 bits per heavy atom. The highest BCUT2D eigenvalue weighted by Crippen LogP contribution is 2.31. The van der Waals surface area contributed by atoms with Gasteiger partial charge in [-0.25, -0.2) is 0 Å². The molecule has 1 aliphatic heterocycles. The number of rotatable bonds is 4. The van der Waals surface area contributed by atoms with Gasteiger partial charge in [0.2, 0.25) is 0 Å². The first-order valence-corrected chi connectivity index (χ1v) is 8.23. The molecular formula is C19H25NO. The molecule has 1 aliphatic rings. The monoisotopic (exact) mass is 283 g/mol. The Bertz CT molecular complexity index is 606. The molecular weight excluding hydrogens is 258 g/mol. The van der Waals surface area contributed by atoms with Crippen LogP contribution < -0.4 is 0 Å². The molecule has 1 heterocycles. The zero-order valence-corrected chi connectivity index (χ0v) is 12.9. The molecule has 0 saturated carbocycles. The molecule has 0 aromatic heterocycles. The molecule has 0 radical (unpaired) electrons. The van der Waals surface area contributed by atoms with Crippen LogP contribution in [0.25, 0.3) is 10.8 Å². The van der Waals surface area contributed by atoms with Crippen molar-refractivity contribution in [3.8, 4) is 5.75 Å². The number of benzene rings is 2. The predicted molar refractivity (Wildman–Crippen MR) is 88.6 cm³/mol. The Balaban J connectivity index is 1.91. The molecule has 1 N–H and O–H groups in total. The molecule has 1 unspecified atom stereocenters. The van der Waals surface area contributed by atoms with Gasteiger partial charge in [0.25, 0.3) is 0 Å². The van der Waals surface area contributed by atoms with Crippen molar-refractivity contribution >= 4 is 10.8 Å². The lowest BCUT2D eigenvalue weighted by Crippen LogP contribution is -2.38. The predicted octanol–water partition coefficient (Wildman–Crippen LogP) is 4.70. The number of likely N-dealkylation sites (tertiary alicyclic amines) is 1. The zero-order chi connectivity index (χ0) is 14.7. The minimum absolute atomic E-state index is 0.439. The van der Waals surface area contributed by atoms with Crippen molar-refractivity contribution < 1.29 is 5.11 Å². The third-order valence-corrected chi connectivity index (χ3v) is 4.75. The van der Waals surface area contributed by atoms with E-state index in [1.807, 2.05) is 12.1 Å². The van der Waals surface area contributed by atoms with Crippen LogP contribution in [0.4, 0.5) is 0 Å². The van der Waals surface area contributed by atoms with E-state index >= 15 is 0 Å². The minimum Gasteiger partial charge on any atom is -0.508 e. The van der Waals surface area contributed by atoms with Crippen molar-refractivity contribution in [2.75, 3.05) is 6.54 Å². The highest BCUT2D eigenvalue weighted by molar-refractivity contribution is 5.87. The Kier molecular flexibility index (Phi) is 4.45. The molecule has 2 heteroatoms. The zero-order valence-electron chi connectivity index (χ0n) is 12.9. The molecule has 1 saturated heterocycles. The van der Waals surface area contributed by atoms with E-state index in [0.29, 0.717) is 11.8 Å². The van der Waals surface area contributed by atoms with E-state index in [1.165, 1.54) is 42.9 Å². The van der Waals surface area contributed by atoms with Crippen LogP contribution in [0.3, 0.4) is 0 Å². The first-order chi connectivity index (χ1) is 10.3. The number of nitrogens with zero attached hydrogens (tertiary/aromatic N) is 1. The van der Waals surface area contributed by atoms with Crippen LogP contribution in [0.2, 0.25) is 0 Å². The van der Waals surface area contributed by atoms with Gasteiger partial charge in [0.1, 0.15) is 5.75 Å². The maximum atomic E-state index is 10.3. The topological polar surface area (TPSA) is 23.5 Å². The molecule has 2 aromatic rings. The van der Waals surface area contributed by atoms with E-state index in [2.05, 4.69) is 36.1 Å². The van der Waals surface area contributed by atoms with Gasteiger partial charge < -0.3 is 5.11 Å². The number of hydrogen-bond donors (Lipinski definition) is 1. The normalized spacial score (nSPS) is 20.0. The quantitative estimate of drug-likeness (QED) is 0.879. The number of fused-ring (bicyclic) bond motifs is 1. The summed E-state index contributed by atoms with van der Waals surface area (Å²) >= 11 is 0. The standard InChI is InChI=1S/C19H25NO/c1-2-7-16-9-5-6-13-20(16)14-18-17-10-4-3-8-15(17)11-12-19(18)21/h3-4,8,10-12,16,21H,2,5-7,9,13-14H2,1H3. The lowest BCUT2D eigenvalue weighted by Gasteiger charge is -2.36. The van der Waals surface area contributed by atoms with E-state index in [9.17, 15) is 5.11 Å². The van der Waals surface area contributed by atoms with Crippen LogP contribution in [-0.4, -0.2) is 22.6 Å². The maximum absolute atomic E-state index is 10.3. The summed E-state index contributed by atoms with van der Waals surface area (Å²) in [4.78, 5) is 2.58. The molecule has 3 rings (SSSR count). The van der Waals surface area contributed by atoms with Gasteiger partial charge in [-0.2, -0.15) is 0 Å². The van der Waals surface area contributed by atoms with E-state index < -0.39 is 0 Å². The molecule has 1 fully saturated rings. The summed E-state index contributed by atoms with van der Waals surface area (Å²) in [7, 11) is 0. The molecule has 0 bridgehead atoms. The summed E-state index contributed by atoms with van der Waals surface area (Å²) in [5.74, 6) is 0.439. The number of piperidine rings is 1. The second-order valence-electron chi connectivity index (χ2n) is 6.19. The third-order valence-electron chi connectivity index (χ3n) is 4.75. The largest absolute Gasteiger partial charge is 0.508 e. The fourth-order valence-corrected chi connectivity index (χ4v) is 3.62. The SMILES string of the molecule is CCCC1CCCCN1Cc1c(O)ccc2ccccc12. The van der Waals surface area contributed by atoms with E-state index in [-0.39, 0.29) is 0 Å². The van der Waals surface area contributed by atoms with Crippen LogP contribution in [0, 0.1) is 0 Å². The van der Waals surface area contributed by atoms with Gasteiger partial charge in [-0.1, -0.05) is 50.1 Å². The van der Waals surface area contributed by atoms with Crippen molar-refractivity contribution in [1.29, 1.82) is 0 Å². The second kappa shape index (κ2) is 6.48. The average Bonchev–Trinajstić information content (AvgIpc) is 2.52. The highest BCUT2D eigenvalue weighted by atomic mass is 16.3.